The number of pyridine rings is 2. The molecule has 2 aromatic rings. The largest absolute Gasteiger partial charge is 0.367 e. The Morgan fingerprint density at radius 1 is 0.833 bits per heavy atom. The van der Waals surface area contributed by atoms with Gasteiger partial charge in [-0.05, 0) is 24.3 Å². The molecule has 1 aliphatic heterocycles. The van der Waals surface area contributed by atoms with E-state index in [0.29, 0.717) is 0 Å². The number of anilines is 2. The fourth-order valence-electron chi connectivity index (χ4n) is 2.28. The molecule has 1 saturated heterocycles. The molecule has 0 bridgehead atoms. The number of aromatic nitrogens is 2. The van der Waals surface area contributed by atoms with E-state index in [0.717, 1.165) is 32.0 Å². The van der Waals surface area contributed by atoms with Gasteiger partial charge < -0.3 is 9.80 Å². The van der Waals surface area contributed by atoms with Crippen molar-refractivity contribution in [2.75, 3.05) is 36.0 Å². The van der Waals surface area contributed by atoms with Crippen molar-refractivity contribution < 1.29 is 0 Å². The normalized spacial score (nSPS) is 15.8. The van der Waals surface area contributed by atoms with E-state index in [2.05, 4.69) is 31.9 Å². The molecule has 0 spiro atoms. The molecule has 18 heavy (non-hydrogen) atoms. The summed E-state index contributed by atoms with van der Waals surface area (Å²) in [5, 5.41) is 0. The van der Waals surface area contributed by atoms with Crippen molar-refractivity contribution in [3.8, 4) is 0 Å². The summed E-state index contributed by atoms with van der Waals surface area (Å²) in [6.45, 7) is 4.04. The Balaban J connectivity index is 1.65. The van der Waals surface area contributed by atoms with Crippen molar-refractivity contribution in [3.63, 3.8) is 0 Å². The second kappa shape index (κ2) is 5.04. The zero-order chi connectivity index (χ0) is 12.2. The number of hydrogen-bond donors (Lipinski definition) is 0. The minimum Gasteiger partial charge on any atom is -0.367 e. The van der Waals surface area contributed by atoms with Crippen LogP contribution in [0.15, 0.2) is 48.9 Å². The van der Waals surface area contributed by atoms with Crippen LogP contribution in [-0.2, 0) is 0 Å². The maximum atomic E-state index is 4.40. The number of hydrogen-bond acceptors (Lipinski definition) is 4. The van der Waals surface area contributed by atoms with E-state index < -0.39 is 0 Å². The lowest BCUT2D eigenvalue weighted by Crippen LogP contribution is -2.46. The molecule has 4 nitrogen and oxygen atoms in total. The van der Waals surface area contributed by atoms with E-state index in [1.54, 1.807) is 0 Å². The first-order chi connectivity index (χ1) is 8.93. The molecule has 0 N–H and O–H groups in total. The van der Waals surface area contributed by atoms with Crippen LogP contribution in [0.3, 0.4) is 0 Å². The Morgan fingerprint density at radius 2 is 1.67 bits per heavy atom. The van der Waals surface area contributed by atoms with Crippen LogP contribution in [0.5, 0.6) is 0 Å². The average Bonchev–Trinajstić information content (AvgIpc) is 2.49. The monoisotopic (exact) mass is 240 g/mol. The second-order valence-corrected chi connectivity index (χ2v) is 4.37. The molecule has 1 aliphatic rings. The van der Waals surface area contributed by atoms with E-state index in [1.807, 2.05) is 36.8 Å². The van der Waals surface area contributed by atoms with Crippen molar-refractivity contribution in [1.82, 2.24) is 9.97 Å². The van der Waals surface area contributed by atoms with Gasteiger partial charge in [0, 0.05) is 38.6 Å². The Labute approximate surface area is 107 Å². The van der Waals surface area contributed by atoms with Gasteiger partial charge in [-0.3, -0.25) is 4.98 Å². The average molecular weight is 240 g/mol. The minimum absolute atomic E-state index is 1.01. The Hall–Kier alpha value is -2.10. The quantitative estimate of drug-likeness (QED) is 0.801. The smallest absolute Gasteiger partial charge is 0.128 e. The first kappa shape index (κ1) is 11.0. The molecule has 0 amide bonds. The third-order valence-electron chi connectivity index (χ3n) is 3.26. The summed E-state index contributed by atoms with van der Waals surface area (Å²) in [7, 11) is 0. The predicted octanol–water partition coefficient (Wildman–Crippen LogP) is 1.80. The van der Waals surface area contributed by atoms with Crippen molar-refractivity contribution in [3.05, 3.63) is 48.9 Å². The van der Waals surface area contributed by atoms with E-state index in [9.17, 15) is 0 Å². The van der Waals surface area contributed by atoms with Crippen LogP contribution >= 0.6 is 0 Å². The van der Waals surface area contributed by atoms with Crippen molar-refractivity contribution in [1.29, 1.82) is 0 Å². The van der Waals surface area contributed by atoms with Gasteiger partial charge in [-0.2, -0.15) is 0 Å². The highest BCUT2D eigenvalue weighted by molar-refractivity contribution is 5.47. The molecule has 0 radical (unpaired) electrons. The fourth-order valence-corrected chi connectivity index (χ4v) is 2.28. The highest BCUT2D eigenvalue weighted by Crippen LogP contribution is 2.17. The Morgan fingerprint density at radius 3 is 2.33 bits per heavy atom. The van der Waals surface area contributed by atoms with E-state index >= 15 is 0 Å². The van der Waals surface area contributed by atoms with Crippen LogP contribution in [0.1, 0.15) is 0 Å². The predicted molar refractivity (Wildman–Crippen MR) is 72.9 cm³/mol. The topological polar surface area (TPSA) is 32.3 Å². The van der Waals surface area contributed by atoms with E-state index in [-0.39, 0.29) is 0 Å². The van der Waals surface area contributed by atoms with Crippen molar-refractivity contribution >= 4 is 11.5 Å². The molecule has 0 aromatic carbocycles. The zero-order valence-corrected chi connectivity index (χ0v) is 10.2. The van der Waals surface area contributed by atoms with Crippen molar-refractivity contribution in [2.45, 2.75) is 0 Å². The molecule has 0 unspecified atom stereocenters. The van der Waals surface area contributed by atoms with Crippen LogP contribution in [0.2, 0.25) is 0 Å². The van der Waals surface area contributed by atoms with Gasteiger partial charge in [0.2, 0.25) is 0 Å². The van der Waals surface area contributed by atoms with Crippen LogP contribution in [0, 0.1) is 0 Å². The number of rotatable bonds is 2. The van der Waals surface area contributed by atoms with Gasteiger partial charge in [-0.25, -0.2) is 4.98 Å². The van der Waals surface area contributed by atoms with Crippen molar-refractivity contribution in [2.24, 2.45) is 0 Å². The second-order valence-electron chi connectivity index (χ2n) is 4.37. The van der Waals surface area contributed by atoms with Gasteiger partial charge in [-0.15, -0.1) is 0 Å². The van der Waals surface area contributed by atoms with Crippen LogP contribution in [0.4, 0.5) is 11.5 Å². The summed E-state index contributed by atoms with van der Waals surface area (Å²) in [6, 6.07) is 10.2. The molecular formula is C14H16N4. The summed E-state index contributed by atoms with van der Waals surface area (Å²) in [4.78, 5) is 13.3. The first-order valence-corrected chi connectivity index (χ1v) is 6.24. The summed E-state index contributed by atoms with van der Waals surface area (Å²) >= 11 is 0. The summed E-state index contributed by atoms with van der Waals surface area (Å²) < 4.78 is 0. The zero-order valence-electron chi connectivity index (χ0n) is 10.2. The Kier molecular flexibility index (Phi) is 3.08. The molecule has 0 saturated carbocycles. The van der Waals surface area contributed by atoms with Gasteiger partial charge in [0.1, 0.15) is 5.82 Å². The standard InChI is InChI=1S/C14H16N4/c1-2-7-16-14(5-1)18-10-8-17(9-11-18)13-4-3-6-15-12-13/h1-7,12H,8-11H2. The summed E-state index contributed by atoms with van der Waals surface area (Å²) in [6.07, 6.45) is 5.59. The minimum atomic E-state index is 1.01. The fraction of sp³-hybridized carbons (Fsp3) is 0.286. The van der Waals surface area contributed by atoms with Gasteiger partial charge in [0.25, 0.3) is 0 Å². The highest BCUT2D eigenvalue weighted by Gasteiger charge is 2.17. The molecule has 0 aliphatic carbocycles. The molecule has 3 rings (SSSR count). The van der Waals surface area contributed by atoms with Gasteiger partial charge in [-0.1, -0.05) is 6.07 Å². The van der Waals surface area contributed by atoms with Gasteiger partial charge in [0.15, 0.2) is 0 Å². The van der Waals surface area contributed by atoms with Gasteiger partial charge >= 0.3 is 0 Å². The molecule has 2 aromatic heterocycles. The van der Waals surface area contributed by atoms with Crippen LogP contribution in [0.25, 0.3) is 0 Å². The molecule has 0 atom stereocenters. The molecule has 92 valence electrons. The number of nitrogens with zero attached hydrogens (tertiary/aromatic N) is 4. The highest BCUT2D eigenvalue weighted by atomic mass is 15.3. The summed E-state index contributed by atoms with van der Waals surface area (Å²) in [5.74, 6) is 1.07. The number of piperazine rings is 1. The van der Waals surface area contributed by atoms with Gasteiger partial charge in [0.05, 0.1) is 11.9 Å². The summed E-state index contributed by atoms with van der Waals surface area (Å²) in [5.41, 5.74) is 1.21. The molecule has 4 heteroatoms. The van der Waals surface area contributed by atoms with E-state index in [4.69, 9.17) is 0 Å². The Bertz CT molecular complexity index is 430. The van der Waals surface area contributed by atoms with Crippen LogP contribution in [-0.4, -0.2) is 36.1 Å². The van der Waals surface area contributed by atoms with E-state index in [1.165, 1.54) is 5.69 Å². The molecule has 3 heterocycles. The van der Waals surface area contributed by atoms with Crippen LogP contribution < -0.4 is 9.80 Å². The maximum Gasteiger partial charge on any atom is 0.128 e. The molecule has 1 fully saturated rings. The third kappa shape index (κ3) is 2.27. The lowest BCUT2D eigenvalue weighted by atomic mass is 10.2. The lowest BCUT2D eigenvalue weighted by molar-refractivity contribution is 0.647. The maximum absolute atomic E-state index is 4.40. The third-order valence-corrected chi connectivity index (χ3v) is 3.26. The lowest BCUT2D eigenvalue weighted by Gasteiger charge is -2.36. The first-order valence-electron chi connectivity index (χ1n) is 6.24. The SMILES string of the molecule is c1ccc(N2CCN(c3cccnc3)CC2)nc1. The molecular weight excluding hydrogens is 224 g/mol.